The fourth-order valence-corrected chi connectivity index (χ4v) is 2.20. The summed E-state index contributed by atoms with van der Waals surface area (Å²) in [4.78, 5) is 15.4. The van der Waals surface area contributed by atoms with E-state index in [4.69, 9.17) is 15.6 Å². The number of hydrogen-bond acceptors (Lipinski definition) is 6. The molecule has 0 unspecified atom stereocenters. The second-order valence-electron chi connectivity index (χ2n) is 4.51. The zero-order valence-corrected chi connectivity index (χ0v) is 10.7. The number of likely N-dealkylation sites (N-methyl/N-ethyl adjacent to an activating group) is 1. The van der Waals surface area contributed by atoms with E-state index in [2.05, 4.69) is 10.3 Å². The monoisotopic (exact) mass is 272 g/mol. The van der Waals surface area contributed by atoms with Gasteiger partial charge < -0.3 is 20.9 Å². The highest BCUT2D eigenvalue weighted by molar-refractivity contribution is 5.35. The van der Waals surface area contributed by atoms with Crippen molar-refractivity contribution in [2.24, 2.45) is 0 Å². The lowest BCUT2D eigenvalue weighted by molar-refractivity contribution is -0.0408. The molecule has 1 aliphatic heterocycles. The number of alkyl halides is 1. The van der Waals surface area contributed by atoms with Gasteiger partial charge in [0, 0.05) is 11.8 Å². The Morgan fingerprint density at radius 3 is 2.89 bits per heavy atom. The average molecular weight is 272 g/mol. The zero-order valence-electron chi connectivity index (χ0n) is 10.7. The third kappa shape index (κ3) is 2.34. The molecule has 4 N–H and O–H groups in total. The van der Waals surface area contributed by atoms with Gasteiger partial charge in [0.15, 0.2) is 12.4 Å². The highest BCUT2D eigenvalue weighted by atomic mass is 19.1. The van der Waals surface area contributed by atoms with Gasteiger partial charge >= 0.3 is 5.69 Å². The number of aryl methyl sites for hydroxylation is 1. The normalized spacial score (nSPS) is 30.7. The van der Waals surface area contributed by atoms with Gasteiger partial charge in [-0.3, -0.25) is 4.57 Å². The van der Waals surface area contributed by atoms with Crippen LogP contribution in [0.15, 0.2) is 11.0 Å². The summed E-state index contributed by atoms with van der Waals surface area (Å²) in [5, 5.41) is 11.9. The minimum absolute atomic E-state index is 0.110. The van der Waals surface area contributed by atoms with Gasteiger partial charge in [0.1, 0.15) is 11.9 Å². The van der Waals surface area contributed by atoms with Crippen molar-refractivity contribution in [3.63, 3.8) is 0 Å². The molecule has 8 heteroatoms. The van der Waals surface area contributed by atoms with Gasteiger partial charge in [-0.2, -0.15) is 4.98 Å². The van der Waals surface area contributed by atoms with E-state index < -0.39 is 30.2 Å². The number of aliphatic hydroxyl groups is 1. The molecule has 19 heavy (non-hydrogen) atoms. The average Bonchev–Trinajstić information content (AvgIpc) is 2.70. The van der Waals surface area contributed by atoms with Crippen molar-refractivity contribution >= 4 is 5.82 Å². The minimum atomic E-state index is -1.47. The third-order valence-electron chi connectivity index (χ3n) is 3.29. The summed E-state index contributed by atoms with van der Waals surface area (Å²) >= 11 is 0. The zero-order chi connectivity index (χ0) is 14.2. The summed E-state index contributed by atoms with van der Waals surface area (Å²) in [5.41, 5.74) is 5.40. The quantitative estimate of drug-likeness (QED) is 0.649. The van der Waals surface area contributed by atoms with Crippen LogP contribution < -0.4 is 16.7 Å². The fourth-order valence-electron chi connectivity index (χ4n) is 2.20. The van der Waals surface area contributed by atoms with Crippen LogP contribution in [0.4, 0.5) is 10.2 Å². The van der Waals surface area contributed by atoms with E-state index >= 15 is 0 Å². The lowest BCUT2D eigenvalue weighted by Gasteiger charge is -2.17. The molecule has 1 fully saturated rings. The molecular weight excluding hydrogens is 255 g/mol. The lowest BCUT2D eigenvalue weighted by Crippen LogP contribution is -2.42. The van der Waals surface area contributed by atoms with Gasteiger partial charge in [0.2, 0.25) is 0 Å². The van der Waals surface area contributed by atoms with E-state index in [0.29, 0.717) is 5.56 Å². The predicted molar refractivity (Wildman–Crippen MR) is 66.4 cm³/mol. The van der Waals surface area contributed by atoms with Crippen LogP contribution in [0.5, 0.6) is 0 Å². The molecule has 7 nitrogen and oxygen atoms in total. The van der Waals surface area contributed by atoms with Crippen molar-refractivity contribution in [1.82, 2.24) is 14.9 Å². The maximum atomic E-state index is 14.3. The number of ether oxygens (including phenoxy) is 1. The van der Waals surface area contributed by atoms with Crippen molar-refractivity contribution in [3.8, 4) is 0 Å². The molecular formula is C11H17FN4O3. The van der Waals surface area contributed by atoms with Crippen LogP contribution in [0.2, 0.25) is 0 Å². The van der Waals surface area contributed by atoms with Crippen LogP contribution in [-0.4, -0.2) is 46.6 Å². The number of rotatable bonds is 3. The predicted octanol–water partition coefficient (Wildman–Crippen LogP) is -1.05. The standard InChI is InChI=1S/C11H17FN4O3/c1-5-3-16(11(18)15-9(5)13)10-7(12)8(14-2)6(4-17)19-10/h3,6-8,10,14,17H,4H2,1-2H3,(H2,13,15,18)/t6-,7-,8-,10-/m1/s1. The number of hydrogen-bond donors (Lipinski definition) is 3. The number of nitrogens with zero attached hydrogens (tertiary/aromatic N) is 2. The number of nitrogen functional groups attached to an aromatic ring is 1. The van der Waals surface area contributed by atoms with Crippen molar-refractivity contribution in [2.45, 2.75) is 31.5 Å². The molecule has 0 amide bonds. The third-order valence-corrected chi connectivity index (χ3v) is 3.29. The van der Waals surface area contributed by atoms with Gasteiger partial charge in [-0.15, -0.1) is 0 Å². The van der Waals surface area contributed by atoms with Crippen molar-refractivity contribution in [2.75, 3.05) is 19.4 Å². The maximum absolute atomic E-state index is 14.3. The topological polar surface area (TPSA) is 102 Å². The van der Waals surface area contributed by atoms with E-state index in [-0.39, 0.29) is 12.4 Å². The Kier molecular flexibility index (Phi) is 3.83. The largest absolute Gasteiger partial charge is 0.394 e. The SMILES string of the molecule is CN[C@H]1[C@@H](F)[C@H](n2cc(C)c(N)nc2=O)O[C@@H]1CO. The van der Waals surface area contributed by atoms with Crippen LogP contribution in [0.1, 0.15) is 11.8 Å². The summed E-state index contributed by atoms with van der Waals surface area (Å²) < 4.78 is 20.7. The summed E-state index contributed by atoms with van der Waals surface area (Å²) in [6.07, 6.45) is -1.89. The number of nitrogens with one attached hydrogen (secondary N) is 1. The summed E-state index contributed by atoms with van der Waals surface area (Å²) in [5.74, 6) is 0.110. The molecule has 0 aliphatic carbocycles. The van der Waals surface area contributed by atoms with E-state index in [1.54, 1.807) is 14.0 Å². The second kappa shape index (κ2) is 5.24. The Balaban J connectivity index is 2.38. The number of aliphatic hydroxyl groups excluding tert-OH is 1. The molecule has 0 aromatic carbocycles. The molecule has 0 bridgehead atoms. The van der Waals surface area contributed by atoms with Crippen LogP contribution >= 0.6 is 0 Å². The highest BCUT2D eigenvalue weighted by Crippen LogP contribution is 2.30. The summed E-state index contributed by atoms with van der Waals surface area (Å²) in [6, 6.07) is -0.681. The highest BCUT2D eigenvalue weighted by Gasteiger charge is 2.45. The number of anilines is 1. The van der Waals surface area contributed by atoms with Gasteiger partial charge in [0.25, 0.3) is 0 Å². The first-order valence-electron chi connectivity index (χ1n) is 5.92. The molecule has 4 atom stereocenters. The summed E-state index contributed by atoms with van der Waals surface area (Å²) in [7, 11) is 1.57. The van der Waals surface area contributed by atoms with Gasteiger partial charge in [-0.25, -0.2) is 9.18 Å². The molecule has 0 spiro atoms. The summed E-state index contributed by atoms with van der Waals surface area (Å²) in [6.45, 7) is 1.33. The van der Waals surface area contributed by atoms with E-state index in [1.165, 1.54) is 6.20 Å². The Morgan fingerprint density at radius 2 is 2.37 bits per heavy atom. The van der Waals surface area contributed by atoms with Crippen LogP contribution in [-0.2, 0) is 4.74 Å². The molecule has 0 saturated carbocycles. The maximum Gasteiger partial charge on any atom is 0.351 e. The molecule has 1 saturated heterocycles. The molecule has 2 rings (SSSR count). The first-order valence-corrected chi connectivity index (χ1v) is 5.92. The van der Waals surface area contributed by atoms with E-state index in [0.717, 1.165) is 4.57 Å². The Morgan fingerprint density at radius 1 is 1.68 bits per heavy atom. The Labute approximate surface area is 109 Å². The first-order chi connectivity index (χ1) is 8.99. The fraction of sp³-hybridized carbons (Fsp3) is 0.636. The smallest absolute Gasteiger partial charge is 0.351 e. The first kappa shape index (κ1) is 13.9. The Bertz CT molecular complexity index is 521. The number of nitrogens with two attached hydrogens (primary N) is 1. The molecule has 1 aliphatic rings. The van der Waals surface area contributed by atoms with Crippen molar-refractivity contribution < 1.29 is 14.2 Å². The van der Waals surface area contributed by atoms with Crippen LogP contribution in [0.25, 0.3) is 0 Å². The van der Waals surface area contributed by atoms with E-state index in [9.17, 15) is 9.18 Å². The molecule has 0 radical (unpaired) electrons. The lowest BCUT2D eigenvalue weighted by atomic mass is 10.1. The molecule has 1 aromatic heterocycles. The molecule has 106 valence electrons. The van der Waals surface area contributed by atoms with Gasteiger partial charge in [-0.1, -0.05) is 0 Å². The van der Waals surface area contributed by atoms with Crippen molar-refractivity contribution in [3.05, 3.63) is 22.2 Å². The minimum Gasteiger partial charge on any atom is -0.394 e. The van der Waals surface area contributed by atoms with E-state index in [1.807, 2.05) is 0 Å². The Hall–Kier alpha value is -1.51. The van der Waals surface area contributed by atoms with Crippen LogP contribution in [0, 0.1) is 6.92 Å². The molecule has 2 heterocycles. The number of aromatic nitrogens is 2. The second-order valence-corrected chi connectivity index (χ2v) is 4.51. The number of halogens is 1. The van der Waals surface area contributed by atoms with Gasteiger partial charge in [0.05, 0.1) is 12.6 Å². The van der Waals surface area contributed by atoms with Crippen molar-refractivity contribution in [1.29, 1.82) is 0 Å². The van der Waals surface area contributed by atoms with Gasteiger partial charge in [-0.05, 0) is 14.0 Å². The van der Waals surface area contributed by atoms with Crippen LogP contribution in [0.3, 0.4) is 0 Å². The molecule has 1 aromatic rings.